The number of Topliss-reactive ketones (excluding diaryl/α,β-unsaturated/α-hetero) is 1. The van der Waals surface area contributed by atoms with Gasteiger partial charge < -0.3 is 5.32 Å². The first-order chi connectivity index (χ1) is 12.8. The maximum atomic E-state index is 12.4. The largest absolute Gasteiger partial charge is 0.326 e. The molecule has 27 heavy (non-hydrogen) atoms. The number of carbonyl (C=O) groups excluding carboxylic acids is 2. The summed E-state index contributed by atoms with van der Waals surface area (Å²) >= 11 is 1.43. The molecule has 1 aromatic heterocycles. The van der Waals surface area contributed by atoms with Gasteiger partial charge in [0, 0.05) is 22.1 Å². The number of amides is 1. The third-order valence-electron chi connectivity index (χ3n) is 4.07. The minimum absolute atomic E-state index is 0.0312. The lowest BCUT2D eigenvalue weighted by Crippen LogP contribution is -2.27. The number of nitrogens with one attached hydrogen (secondary N) is 1. The number of pyridine rings is 1. The molecule has 0 aliphatic heterocycles. The van der Waals surface area contributed by atoms with E-state index < -0.39 is 5.41 Å². The molecule has 138 valence electrons. The molecule has 5 heteroatoms. The second-order valence-corrected chi connectivity index (χ2v) is 8.33. The predicted octanol–water partition coefficient (Wildman–Crippen LogP) is 5.19. The molecular formula is C22H22N2O2S. The van der Waals surface area contributed by atoms with E-state index in [0.29, 0.717) is 17.0 Å². The number of rotatable bonds is 5. The number of anilines is 1. The highest BCUT2D eigenvalue weighted by Gasteiger charge is 2.21. The number of ketones is 1. The van der Waals surface area contributed by atoms with Crippen LogP contribution in [0.5, 0.6) is 0 Å². The highest BCUT2D eigenvalue weighted by atomic mass is 32.2. The zero-order valence-electron chi connectivity index (χ0n) is 15.7. The summed E-state index contributed by atoms with van der Waals surface area (Å²) in [6.07, 6.45) is 0. The summed E-state index contributed by atoms with van der Waals surface area (Å²) in [6, 6.07) is 18.9. The number of fused-ring (bicyclic) bond motifs is 1. The molecule has 0 aliphatic carbocycles. The van der Waals surface area contributed by atoms with Crippen LogP contribution in [0.25, 0.3) is 10.9 Å². The summed E-state index contributed by atoms with van der Waals surface area (Å²) in [6.45, 7) is 5.58. The fourth-order valence-corrected chi connectivity index (χ4v) is 3.18. The second-order valence-electron chi connectivity index (χ2n) is 7.34. The Hall–Kier alpha value is -2.66. The topological polar surface area (TPSA) is 59.1 Å². The Bertz CT molecular complexity index is 976. The van der Waals surface area contributed by atoms with E-state index >= 15 is 0 Å². The number of thioether (sulfide) groups is 1. The van der Waals surface area contributed by atoms with Crippen molar-refractivity contribution in [2.45, 2.75) is 25.8 Å². The summed E-state index contributed by atoms with van der Waals surface area (Å²) < 4.78 is 0. The average Bonchev–Trinajstić information content (AvgIpc) is 2.65. The summed E-state index contributed by atoms with van der Waals surface area (Å²) in [4.78, 5) is 29.0. The van der Waals surface area contributed by atoms with E-state index in [2.05, 4.69) is 10.3 Å². The van der Waals surface area contributed by atoms with Gasteiger partial charge in [-0.1, -0.05) is 56.8 Å². The van der Waals surface area contributed by atoms with Crippen molar-refractivity contribution in [2.24, 2.45) is 5.41 Å². The Morgan fingerprint density at radius 2 is 1.67 bits per heavy atom. The standard InChI is InChI=1S/C22H22N2O2S/c1-22(2,3)21(26)23-17-11-8-16(9-12-17)19(25)14-27-20-13-10-15-6-4-5-7-18(15)24-20/h4-13H,14H2,1-3H3,(H,23,26). The van der Waals surface area contributed by atoms with Gasteiger partial charge in [0.25, 0.3) is 0 Å². The number of aromatic nitrogens is 1. The Labute approximate surface area is 163 Å². The third-order valence-corrected chi connectivity index (χ3v) is 5.00. The van der Waals surface area contributed by atoms with E-state index in [1.165, 1.54) is 11.8 Å². The van der Waals surface area contributed by atoms with E-state index in [1.807, 2.05) is 57.2 Å². The maximum Gasteiger partial charge on any atom is 0.229 e. The van der Waals surface area contributed by atoms with Crippen molar-refractivity contribution in [3.63, 3.8) is 0 Å². The first-order valence-corrected chi connectivity index (χ1v) is 9.75. The Kier molecular flexibility index (Phi) is 5.61. The molecule has 0 saturated heterocycles. The monoisotopic (exact) mass is 378 g/mol. The van der Waals surface area contributed by atoms with Crippen LogP contribution in [-0.2, 0) is 4.79 Å². The molecule has 0 fully saturated rings. The molecule has 2 aromatic carbocycles. The first-order valence-electron chi connectivity index (χ1n) is 8.76. The van der Waals surface area contributed by atoms with Crippen LogP contribution >= 0.6 is 11.8 Å². The summed E-state index contributed by atoms with van der Waals surface area (Å²) in [7, 11) is 0. The van der Waals surface area contributed by atoms with E-state index in [0.717, 1.165) is 15.9 Å². The molecule has 1 N–H and O–H groups in total. The van der Waals surface area contributed by atoms with Gasteiger partial charge in [0.15, 0.2) is 5.78 Å². The van der Waals surface area contributed by atoms with E-state index in [1.54, 1.807) is 24.3 Å². The number of para-hydroxylation sites is 1. The van der Waals surface area contributed by atoms with Crippen molar-refractivity contribution in [3.8, 4) is 0 Å². The maximum absolute atomic E-state index is 12.4. The average molecular weight is 378 g/mol. The van der Waals surface area contributed by atoms with Crippen LogP contribution in [-0.4, -0.2) is 22.4 Å². The number of nitrogens with zero attached hydrogens (tertiary/aromatic N) is 1. The smallest absolute Gasteiger partial charge is 0.229 e. The fraction of sp³-hybridized carbons (Fsp3) is 0.227. The molecule has 0 bridgehead atoms. The van der Waals surface area contributed by atoms with Gasteiger partial charge >= 0.3 is 0 Å². The van der Waals surface area contributed by atoms with Crippen LogP contribution in [0.2, 0.25) is 0 Å². The number of hydrogen-bond donors (Lipinski definition) is 1. The molecular weight excluding hydrogens is 356 g/mol. The zero-order chi connectivity index (χ0) is 19.4. The SMILES string of the molecule is CC(C)(C)C(=O)Nc1ccc(C(=O)CSc2ccc3ccccc3n2)cc1. The summed E-state index contributed by atoms with van der Waals surface area (Å²) in [5.74, 6) is 0.294. The molecule has 3 aromatic rings. The number of benzene rings is 2. The van der Waals surface area contributed by atoms with E-state index in [4.69, 9.17) is 0 Å². The molecule has 0 spiro atoms. The first kappa shape index (κ1) is 19.1. The molecule has 0 saturated carbocycles. The van der Waals surface area contributed by atoms with Gasteiger partial charge in [-0.3, -0.25) is 9.59 Å². The van der Waals surface area contributed by atoms with E-state index in [-0.39, 0.29) is 11.7 Å². The van der Waals surface area contributed by atoms with Crippen LogP contribution in [0.4, 0.5) is 5.69 Å². The predicted molar refractivity (Wildman–Crippen MR) is 111 cm³/mol. The van der Waals surface area contributed by atoms with Gasteiger partial charge in [0.05, 0.1) is 16.3 Å². The van der Waals surface area contributed by atoms with Crippen molar-refractivity contribution >= 4 is 40.0 Å². The van der Waals surface area contributed by atoms with Crippen LogP contribution < -0.4 is 5.32 Å². The molecule has 0 radical (unpaired) electrons. The van der Waals surface area contributed by atoms with Crippen LogP contribution in [0.15, 0.2) is 65.7 Å². The molecule has 4 nitrogen and oxygen atoms in total. The second kappa shape index (κ2) is 7.92. The van der Waals surface area contributed by atoms with Gasteiger partial charge in [0.1, 0.15) is 0 Å². The zero-order valence-corrected chi connectivity index (χ0v) is 16.5. The fourth-order valence-electron chi connectivity index (χ4n) is 2.41. The minimum atomic E-state index is -0.460. The molecule has 0 unspecified atom stereocenters. The highest BCUT2D eigenvalue weighted by Crippen LogP contribution is 2.22. The van der Waals surface area contributed by atoms with Crippen molar-refractivity contribution in [1.29, 1.82) is 0 Å². The van der Waals surface area contributed by atoms with Gasteiger partial charge in [-0.25, -0.2) is 4.98 Å². The number of carbonyl (C=O) groups is 2. The lowest BCUT2D eigenvalue weighted by molar-refractivity contribution is -0.123. The van der Waals surface area contributed by atoms with Crippen molar-refractivity contribution in [3.05, 3.63) is 66.2 Å². The lowest BCUT2D eigenvalue weighted by atomic mass is 9.95. The highest BCUT2D eigenvalue weighted by molar-refractivity contribution is 7.99. The Morgan fingerprint density at radius 3 is 2.37 bits per heavy atom. The lowest BCUT2D eigenvalue weighted by Gasteiger charge is -2.17. The summed E-state index contributed by atoms with van der Waals surface area (Å²) in [5.41, 5.74) is 1.78. The molecule has 1 heterocycles. The minimum Gasteiger partial charge on any atom is -0.326 e. The van der Waals surface area contributed by atoms with Crippen molar-refractivity contribution in [1.82, 2.24) is 4.98 Å². The van der Waals surface area contributed by atoms with Gasteiger partial charge in [-0.05, 0) is 36.4 Å². The molecule has 3 rings (SSSR count). The van der Waals surface area contributed by atoms with Gasteiger partial charge in [-0.2, -0.15) is 0 Å². The van der Waals surface area contributed by atoms with Crippen molar-refractivity contribution < 1.29 is 9.59 Å². The van der Waals surface area contributed by atoms with Crippen LogP contribution in [0, 0.1) is 5.41 Å². The van der Waals surface area contributed by atoms with Gasteiger partial charge in [-0.15, -0.1) is 0 Å². The summed E-state index contributed by atoms with van der Waals surface area (Å²) in [5, 5.41) is 4.77. The van der Waals surface area contributed by atoms with Crippen molar-refractivity contribution in [2.75, 3.05) is 11.1 Å². The van der Waals surface area contributed by atoms with Gasteiger partial charge in [0.2, 0.25) is 5.91 Å². The molecule has 0 atom stereocenters. The third kappa shape index (κ3) is 4.95. The van der Waals surface area contributed by atoms with Crippen LogP contribution in [0.3, 0.4) is 0 Å². The molecule has 0 aliphatic rings. The number of hydrogen-bond acceptors (Lipinski definition) is 4. The normalized spacial score (nSPS) is 11.4. The van der Waals surface area contributed by atoms with E-state index in [9.17, 15) is 9.59 Å². The molecule has 1 amide bonds. The Morgan fingerprint density at radius 1 is 0.963 bits per heavy atom. The Balaban J connectivity index is 1.61. The quantitative estimate of drug-likeness (QED) is 0.490. The van der Waals surface area contributed by atoms with Crippen LogP contribution in [0.1, 0.15) is 31.1 Å².